The highest BCUT2D eigenvalue weighted by Gasteiger charge is 2.32. The van der Waals surface area contributed by atoms with E-state index in [1.54, 1.807) is 25.7 Å². The van der Waals surface area contributed by atoms with Crippen LogP contribution in [0, 0.1) is 5.92 Å². The van der Waals surface area contributed by atoms with Gasteiger partial charge in [-0.1, -0.05) is 0 Å². The number of carbonyl (C=O) groups excluding carboxylic acids is 4. The fraction of sp³-hybridized carbons (Fsp3) is 0.773. The second kappa shape index (κ2) is 13.6. The third-order valence-electron chi connectivity index (χ3n) is 5.01. The minimum Gasteiger partial charge on any atom is -0.481 e. The fourth-order valence-corrected chi connectivity index (χ4v) is 3.53. The van der Waals surface area contributed by atoms with Crippen LogP contribution < -0.4 is 16.0 Å². The van der Waals surface area contributed by atoms with Gasteiger partial charge in [-0.25, -0.2) is 4.79 Å². The topological polar surface area (TPSA) is 154 Å². The highest BCUT2D eigenvalue weighted by atomic mass is 16.6. The van der Waals surface area contributed by atoms with Gasteiger partial charge < -0.3 is 30.7 Å². The molecule has 1 saturated heterocycles. The van der Waals surface area contributed by atoms with Crippen molar-refractivity contribution in [3.63, 3.8) is 0 Å². The van der Waals surface area contributed by atoms with E-state index in [2.05, 4.69) is 16.0 Å². The first-order chi connectivity index (χ1) is 15.4. The summed E-state index contributed by atoms with van der Waals surface area (Å²) in [6.45, 7) is 7.84. The molecule has 0 saturated carbocycles. The third-order valence-corrected chi connectivity index (χ3v) is 5.01. The van der Waals surface area contributed by atoms with Crippen LogP contribution in [0.4, 0.5) is 4.79 Å². The standard InChI is InChI=1S/C22H38N4O7/c1-15(27)25-17(9-5-6-11-24-21(32)33-22(2,3)4)20(31)26-13-7-8-16(14-26)19(30)23-12-10-18(28)29/h16-17H,5-14H2,1-4H3,(H,23,30)(H,24,32)(H,25,27)(H,28,29)/t16?,17-/m0/s1. The number of likely N-dealkylation sites (tertiary alicyclic amines) is 1. The number of nitrogens with one attached hydrogen (secondary N) is 3. The summed E-state index contributed by atoms with van der Waals surface area (Å²) in [6.07, 6.45) is 2.21. The van der Waals surface area contributed by atoms with Crippen molar-refractivity contribution in [1.29, 1.82) is 0 Å². The fourth-order valence-electron chi connectivity index (χ4n) is 3.53. The Morgan fingerprint density at radius 2 is 1.79 bits per heavy atom. The van der Waals surface area contributed by atoms with Crippen LogP contribution in [0.3, 0.4) is 0 Å². The Balaban J connectivity index is 2.53. The van der Waals surface area contributed by atoms with E-state index in [0.29, 0.717) is 45.2 Å². The first-order valence-electron chi connectivity index (χ1n) is 11.4. The number of amides is 4. The largest absolute Gasteiger partial charge is 0.481 e. The Morgan fingerprint density at radius 3 is 2.39 bits per heavy atom. The van der Waals surface area contributed by atoms with Gasteiger partial charge >= 0.3 is 12.1 Å². The lowest BCUT2D eigenvalue weighted by Gasteiger charge is -2.34. The van der Waals surface area contributed by atoms with Gasteiger partial charge in [0.1, 0.15) is 11.6 Å². The van der Waals surface area contributed by atoms with E-state index < -0.39 is 29.6 Å². The summed E-state index contributed by atoms with van der Waals surface area (Å²) in [6, 6.07) is -0.710. The van der Waals surface area contributed by atoms with E-state index in [9.17, 15) is 24.0 Å². The zero-order chi connectivity index (χ0) is 25.0. The Bertz CT molecular complexity index is 705. The zero-order valence-electron chi connectivity index (χ0n) is 20.1. The Morgan fingerprint density at radius 1 is 1.09 bits per heavy atom. The minimum atomic E-state index is -0.991. The predicted molar refractivity (Wildman–Crippen MR) is 120 cm³/mol. The quantitative estimate of drug-likeness (QED) is 0.329. The molecule has 4 amide bonds. The van der Waals surface area contributed by atoms with Crippen LogP contribution >= 0.6 is 0 Å². The summed E-state index contributed by atoms with van der Waals surface area (Å²) in [7, 11) is 0. The van der Waals surface area contributed by atoms with Gasteiger partial charge in [-0.05, 0) is 52.9 Å². The number of carboxylic acids is 1. The van der Waals surface area contributed by atoms with Crippen molar-refractivity contribution in [1.82, 2.24) is 20.9 Å². The maximum Gasteiger partial charge on any atom is 0.407 e. The third kappa shape index (κ3) is 12.1. The number of aliphatic carboxylic acids is 1. The first kappa shape index (κ1) is 28.2. The maximum absolute atomic E-state index is 13.0. The van der Waals surface area contributed by atoms with E-state index in [1.165, 1.54) is 6.92 Å². The number of carbonyl (C=O) groups is 5. The maximum atomic E-state index is 13.0. The number of hydrogen-bond donors (Lipinski definition) is 4. The van der Waals surface area contributed by atoms with E-state index in [-0.39, 0.29) is 37.2 Å². The van der Waals surface area contributed by atoms with Crippen molar-refractivity contribution in [2.45, 2.75) is 77.9 Å². The lowest BCUT2D eigenvalue weighted by Crippen LogP contribution is -2.52. The van der Waals surface area contributed by atoms with Gasteiger partial charge in [-0.3, -0.25) is 19.2 Å². The molecule has 0 spiro atoms. The average molecular weight is 471 g/mol. The molecule has 0 bridgehead atoms. The van der Waals surface area contributed by atoms with Crippen molar-refractivity contribution in [2.24, 2.45) is 5.92 Å². The molecule has 0 aromatic heterocycles. The number of alkyl carbamates (subject to hydrolysis) is 1. The van der Waals surface area contributed by atoms with Crippen LogP contribution in [-0.4, -0.2) is 77.6 Å². The SMILES string of the molecule is CC(=O)N[C@@H](CCCCNC(=O)OC(C)(C)C)C(=O)N1CCCC(C(=O)NCCC(=O)O)C1. The molecule has 1 aliphatic rings. The number of unbranched alkanes of at least 4 members (excludes halogenated alkanes) is 1. The van der Waals surface area contributed by atoms with Crippen molar-refractivity contribution in [3.8, 4) is 0 Å². The first-order valence-corrected chi connectivity index (χ1v) is 11.4. The smallest absolute Gasteiger partial charge is 0.407 e. The summed E-state index contributed by atoms with van der Waals surface area (Å²) >= 11 is 0. The number of nitrogens with zero attached hydrogens (tertiary/aromatic N) is 1. The second-order valence-electron chi connectivity index (χ2n) is 9.24. The van der Waals surface area contributed by atoms with Gasteiger partial charge in [0.25, 0.3) is 0 Å². The molecule has 0 aromatic rings. The molecule has 1 unspecified atom stereocenters. The Labute approximate surface area is 195 Å². The monoisotopic (exact) mass is 470 g/mol. The van der Waals surface area contributed by atoms with Crippen molar-refractivity contribution >= 4 is 29.8 Å². The van der Waals surface area contributed by atoms with E-state index in [4.69, 9.17) is 9.84 Å². The highest BCUT2D eigenvalue weighted by Crippen LogP contribution is 2.18. The number of carboxylic acid groups (broad SMARTS) is 1. The molecule has 1 fully saturated rings. The molecule has 11 heteroatoms. The van der Waals surface area contributed by atoms with Crippen LogP contribution in [0.15, 0.2) is 0 Å². The lowest BCUT2D eigenvalue weighted by molar-refractivity contribution is -0.139. The normalized spacial score (nSPS) is 17.0. The van der Waals surface area contributed by atoms with E-state index >= 15 is 0 Å². The molecule has 1 heterocycles. The molecule has 1 aliphatic heterocycles. The second-order valence-corrected chi connectivity index (χ2v) is 9.24. The summed E-state index contributed by atoms with van der Waals surface area (Å²) < 4.78 is 5.17. The molecular weight excluding hydrogens is 432 g/mol. The molecule has 188 valence electrons. The summed E-state index contributed by atoms with van der Waals surface area (Å²) in [5, 5.41) is 16.7. The molecule has 0 radical (unpaired) electrons. The molecule has 11 nitrogen and oxygen atoms in total. The average Bonchev–Trinajstić information content (AvgIpc) is 2.70. The van der Waals surface area contributed by atoms with Crippen LogP contribution in [-0.2, 0) is 23.9 Å². The predicted octanol–water partition coefficient (Wildman–Crippen LogP) is 1.02. The molecule has 4 N–H and O–H groups in total. The molecule has 1 rings (SSSR count). The zero-order valence-corrected chi connectivity index (χ0v) is 20.1. The molecule has 2 atom stereocenters. The van der Waals surface area contributed by atoms with Crippen molar-refractivity contribution in [2.75, 3.05) is 26.2 Å². The van der Waals surface area contributed by atoms with Crippen LogP contribution in [0.1, 0.15) is 66.2 Å². The van der Waals surface area contributed by atoms with Gasteiger partial charge in [0.2, 0.25) is 17.7 Å². The van der Waals surface area contributed by atoms with E-state index in [1.807, 2.05) is 0 Å². The summed E-state index contributed by atoms with van der Waals surface area (Å²) in [5.41, 5.74) is -0.577. The van der Waals surface area contributed by atoms with Crippen molar-refractivity contribution in [3.05, 3.63) is 0 Å². The number of piperidine rings is 1. The Kier molecular flexibility index (Phi) is 11.7. The van der Waals surface area contributed by atoms with Gasteiger partial charge in [-0.15, -0.1) is 0 Å². The molecule has 33 heavy (non-hydrogen) atoms. The minimum absolute atomic E-state index is 0.0461. The lowest BCUT2D eigenvalue weighted by atomic mass is 9.96. The molecule has 0 aliphatic carbocycles. The number of ether oxygens (including phenoxy) is 1. The van der Waals surface area contributed by atoms with Gasteiger partial charge in [0, 0.05) is 33.1 Å². The van der Waals surface area contributed by atoms with Gasteiger partial charge in [0.05, 0.1) is 12.3 Å². The molecular formula is C22H38N4O7. The summed E-state index contributed by atoms with van der Waals surface area (Å²) in [4.78, 5) is 60.9. The molecule has 0 aromatic carbocycles. The van der Waals surface area contributed by atoms with Gasteiger partial charge in [-0.2, -0.15) is 0 Å². The van der Waals surface area contributed by atoms with Crippen LogP contribution in [0.25, 0.3) is 0 Å². The Hall–Kier alpha value is -2.85. The number of hydrogen-bond acceptors (Lipinski definition) is 6. The van der Waals surface area contributed by atoms with Crippen molar-refractivity contribution < 1.29 is 33.8 Å². The highest BCUT2D eigenvalue weighted by molar-refractivity contribution is 5.87. The van der Waals surface area contributed by atoms with Gasteiger partial charge in [0.15, 0.2) is 0 Å². The summed E-state index contributed by atoms with van der Waals surface area (Å²) in [5.74, 6) is -2.23. The van der Waals surface area contributed by atoms with Crippen LogP contribution in [0.2, 0.25) is 0 Å². The van der Waals surface area contributed by atoms with Crippen LogP contribution in [0.5, 0.6) is 0 Å². The van der Waals surface area contributed by atoms with E-state index in [0.717, 1.165) is 0 Å². The number of rotatable bonds is 11.